The first kappa shape index (κ1) is 17.0. The zero-order valence-electron chi connectivity index (χ0n) is 14.2. The molecule has 1 heterocycles. The van der Waals surface area contributed by atoms with Crippen molar-refractivity contribution < 1.29 is 4.79 Å². The summed E-state index contributed by atoms with van der Waals surface area (Å²) in [6.45, 7) is 4.87. The third-order valence-corrected chi connectivity index (χ3v) is 5.31. The number of thioether (sulfide) groups is 1. The zero-order valence-corrected chi connectivity index (χ0v) is 15.1. The fourth-order valence-electron chi connectivity index (χ4n) is 2.78. The number of carbonyl (C=O) groups is 1. The molecule has 6 heteroatoms. The lowest BCUT2D eigenvalue weighted by Crippen LogP contribution is -2.40. The Morgan fingerprint density at radius 2 is 2.12 bits per heavy atom. The topological polar surface area (TPSA) is 61.9 Å². The van der Waals surface area contributed by atoms with Gasteiger partial charge in [-0.25, -0.2) is 4.98 Å². The van der Waals surface area contributed by atoms with Gasteiger partial charge in [-0.2, -0.15) is 0 Å². The van der Waals surface area contributed by atoms with Crippen LogP contribution in [0.3, 0.4) is 0 Å². The predicted molar refractivity (Wildman–Crippen MR) is 95.7 cm³/mol. The standard InChI is InChI=1S/C18H24N4OS/c1-3-16-19-18(21-20-16)24-12-17(23)22(13(2)15-9-10-15)11-14-7-5-4-6-8-14/h4-8,13,15H,3,9-12H2,1-2H3,(H,19,20,21). The highest BCUT2D eigenvalue weighted by atomic mass is 32.2. The van der Waals surface area contributed by atoms with Gasteiger partial charge in [0.2, 0.25) is 11.1 Å². The maximum absolute atomic E-state index is 12.8. The Balaban J connectivity index is 1.63. The normalized spacial score (nSPS) is 15.2. The van der Waals surface area contributed by atoms with E-state index in [-0.39, 0.29) is 11.9 Å². The van der Waals surface area contributed by atoms with Crippen LogP contribution in [-0.4, -0.2) is 37.8 Å². The number of H-pyrrole nitrogens is 1. The van der Waals surface area contributed by atoms with Crippen molar-refractivity contribution in [2.75, 3.05) is 5.75 Å². The smallest absolute Gasteiger partial charge is 0.233 e. The molecule has 5 nitrogen and oxygen atoms in total. The molecule has 0 aliphatic heterocycles. The molecule has 128 valence electrons. The second-order valence-corrected chi connectivity index (χ2v) is 7.23. The fourth-order valence-corrected chi connectivity index (χ4v) is 3.49. The summed E-state index contributed by atoms with van der Waals surface area (Å²) in [5.74, 6) is 2.05. The van der Waals surface area contributed by atoms with Gasteiger partial charge in [-0.15, -0.1) is 5.10 Å². The summed E-state index contributed by atoms with van der Waals surface area (Å²) in [5, 5.41) is 7.69. The van der Waals surface area contributed by atoms with Crippen LogP contribution in [0.1, 0.15) is 38.1 Å². The number of amides is 1. The van der Waals surface area contributed by atoms with Crippen LogP contribution in [0.2, 0.25) is 0 Å². The molecule has 1 amide bonds. The lowest BCUT2D eigenvalue weighted by molar-refractivity contribution is -0.131. The number of benzene rings is 1. The van der Waals surface area contributed by atoms with Gasteiger partial charge in [0.15, 0.2) is 0 Å². The van der Waals surface area contributed by atoms with E-state index in [1.54, 1.807) is 0 Å². The van der Waals surface area contributed by atoms with E-state index in [9.17, 15) is 4.79 Å². The number of rotatable bonds is 8. The van der Waals surface area contributed by atoms with Gasteiger partial charge in [0.1, 0.15) is 5.82 Å². The van der Waals surface area contributed by atoms with Gasteiger partial charge in [-0.1, -0.05) is 49.0 Å². The largest absolute Gasteiger partial charge is 0.335 e. The number of nitrogens with zero attached hydrogens (tertiary/aromatic N) is 3. The molecule has 1 unspecified atom stereocenters. The van der Waals surface area contributed by atoms with Crippen LogP contribution in [-0.2, 0) is 17.8 Å². The molecule has 1 atom stereocenters. The van der Waals surface area contributed by atoms with Crippen molar-refractivity contribution in [2.24, 2.45) is 5.92 Å². The maximum Gasteiger partial charge on any atom is 0.233 e. The summed E-state index contributed by atoms with van der Waals surface area (Å²) in [5.41, 5.74) is 1.18. The predicted octanol–water partition coefficient (Wildman–Crippen LogP) is 3.29. The Hall–Kier alpha value is -1.82. The van der Waals surface area contributed by atoms with Crippen molar-refractivity contribution in [1.29, 1.82) is 0 Å². The number of nitrogens with one attached hydrogen (secondary N) is 1. The second kappa shape index (κ2) is 7.83. The zero-order chi connectivity index (χ0) is 16.9. The number of hydrogen-bond donors (Lipinski definition) is 1. The van der Waals surface area contributed by atoms with Crippen molar-refractivity contribution in [2.45, 2.75) is 50.9 Å². The molecule has 1 aromatic heterocycles. The van der Waals surface area contributed by atoms with Gasteiger partial charge in [-0.05, 0) is 31.2 Å². The van der Waals surface area contributed by atoms with Gasteiger partial charge in [0, 0.05) is 19.0 Å². The molecule has 1 aromatic carbocycles. The molecule has 1 N–H and O–H groups in total. The minimum absolute atomic E-state index is 0.158. The number of aromatic amines is 1. The summed E-state index contributed by atoms with van der Waals surface area (Å²) >= 11 is 1.41. The van der Waals surface area contributed by atoms with Crippen LogP contribution < -0.4 is 0 Å². The minimum Gasteiger partial charge on any atom is -0.335 e. The molecular formula is C18H24N4OS. The molecule has 0 bridgehead atoms. The lowest BCUT2D eigenvalue weighted by atomic mass is 10.1. The van der Waals surface area contributed by atoms with Crippen LogP contribution >= 0.6 is 11.8 Å². The molecule has 2 aromatic rings. The number of aromatic nitrogens is 3. The van der Waals surface area contributed by atoms with Crippen molar-refractivity contribution in [3.8, 4) is 0 Å². The Bertz CT molecular complexity index is 669. The molecule has 24 heavy (non-hydrogen) atoms. The first-order valence-electron chi connectivity index (χ1n) is 8.55. The lowest BCUT2D eigenvalue weighted by Gasteiger charge is -2.29. The van der Waals surface area contributed by atoms with Crippen LogP contribution in [0.15, 0.2) is 35.5 Å². The number of hydrogen-bond acceptors (Lipinski definition) is 4. The van der Waals surface area contributed by atoms with E-state index in [0.29, 0.717) is 23.4 Å². The molecule has 1 aliphatic rings. The maximum atomic E-state index is 12.8. The van der Waals surface area contributed by atoms with E-state index < -0.39 is 0 Å². The molecule has 1 saturated carbocycles. The summed E-state index contributed by atoms with van der Waals surface area (Å²) in [6, 6.07) is 10.5. The van der Waals surface area contributed by atoms with Crippen molar-refractivity contribution >= 4 is 17.7 Å². The molecule has 0 spiro atoms. The van der Waals surface area contributed by atoms with Crippen molar-refractivity contribution in [3.63, 3.8) is 0 Å². The number of aryl methyl sites for hydroxylation is 1. The van der Waals surface area contributed by atoms with E-state index in [1.165, 1.54) is 30.2 Å². The van der Waals surface area contributed by atoms with Gasteiger partial charge in [0.25, 0.3) is 0 Å². The average molecular weight is 344 g/mol. The van der Waals surface area contributed by atoms with Gasteiger partial charge in [-0.3, -0.25) is 9.89 Å². The van der Waals surface area contributed by atoms with Crippen LogP contribution in [0.5, 0.6) is 0 Å². The third kappa shape index (κ3) is 4.38. The Morgan fingerprint density at radius 3 is 2.75 bits per heavy atom. The summed E-state index contributed by atoms with van der Waals surface area (Å²) in [7, 11) is 0. The van der Waals surface area contributed by atoms with Gasteiger partial charge < -0.3 is 4.90 Å². The molecule has 0 radical (unpaired) electrons. The highest BCUT2D eigenvalue weighted by molar-refractivity contribution is 7.99. The van der Waals surface area contributed by atoms with Crippen LogP contribution in [0, 0.1) is 5.92 Å². The van der Waals surface area contributed by atoms with E-state index in [1.807, 2.05) is 30.0 Å². The molecule has 0 saturated heterocycles. The highest BCUT2D eigenvalue weighted by Gasteiger charge is 2.34. The Labute approximate surface area is 147 Å². The molecular weight excluding hydrogens is 320 g/mol. The van der Waals surface area contributed by atoms with Gasteiger partial charge >= 0.3 is 0 Å². The highest BCUT2D eigenvalue weighted by Crippen LogP contribution is 2.36. The van der Waals surface area contributed by atoms with E-state index in [0.717, 1.165) is 12.2 Å². The van der Waals surface area contributed by atoms with Gasteiger partial charge in [0.05, 0.1) is 5.75 Å². The summed E-state index contributed by atoms with van der Waals surface area (Å²) in [4.78, 5) is 19.2. The van der Waals surface area contributed by atoms with E-state index in [2.05, 4.69) is 34.2 Å². The van der Waals surface area contributed by atoms with Crippen molar-refractivity contribution in [3.05, 3.63) is 41.7 Å². The molecule has 1 fully saturated rings. The summed E-state index contributed by atoms with van der Waals surface area (Å²) in [6.07, 6.45) is 3.28. The van der Waals surface area contributed by atoms with Crippen molar-refractivity contribution in [1.82, 2.24) is 20.1 Å². The SMILES string of the molecule is CCc1nc(SCC(=O)N(Cc2ccccc2)C(C)C2CC2)n[nH]1. The first-order valence-corrected chi connectivity index (χ1v) is 9.53. The number of carbonyl (C=O) groups excluding carboxylic acids is 1. The second-order valence-electron chi connectivity index (χ2n) is 6.29. The first-order chi connectivity index (χ1) is 11.7. The van der Waals surface area contributed by atoms with Crippen LogP contribution in [0.25, 0.3) is 0 Å². The molecule has 1 aliphatic carbocycles. The quantitative estimate of drug-likeness (QED) is 0.747. The minimum atomic E-state index is 0.158. The monoisotopic (exact) mass is 344 g/mol. The van der Waals surface area contributed by atoms with Crippen LogP contribution in [0.4, 0.5) is 0 Å². The fraction of sp³-hybridized carbons (Fsp3) is 0.500. The summed E-state index contributed by atoms with van der Waals surface area (Å²) < 4.78 is 0. The third-order valence-electron chi connectivity index (χ3n) is 4.48. The Kier molecular flexibility index (Phi) is 5.56. The Morgan fingerprint density at radius 1 is 1.38 bits per heavy atom. The van der Waals surface area contributed by atoms with E-state index >= 15 is 0 Å². The average Bonchev–Trinajstić information content (AvgIpc) is 3.36. The molecule has 3 rings (SSSR count). The van der Waals surface area contributed by atoms with E-state index in [4.69, 9.17) is 0 Å².